The Morgan fingerprint density at radius 3 is 1.49 bits per heavy atom. The van der Waals surface area contributed by atoms with Crippen LogP contribution in [-0.2, 0) is 16.2 Å². The molecular formula is C31H46FO2P. The molecule has 0 saturated heterocycles. The second-order valence-corrected chi connectivity index (χ2v) is 12.9. The topological polar surface area (TPSA) is 18.5 Å². The molecule has 0 fully saturated rings. The monoisotopic (exact) mass is 500 g/mol. The third-order valence-electron chi connectivity index (χ3n) is 7.97. The molecule has 1 aliphatic heterocycles. The fourth-order valence-corrected chi connectivity index (χ4v) is 6.25. The summed E-state index contributed by atoms with van der Waals surface area (Å²) in [5.41, 5.74) is 3.60. The molecule has 0 atom stereocenters. The number of unbranched alkanes of at least 4 members (excludes halogenated alkanes) is 4. The molecule has 4 heteroatoms. The van der Waals surface area contributed by atoms with E-state index in [0.717, 1.165) is 47.9 Å². The SMILES string of the molecule is CCCCCC(C)(C)c1cccc2c1OP(F)Oc1c(C(C)(C)CCCCC)cccc1C2(C)C. The fourth-order valence-electron chi connectivity index (χ4n) is 5.53. The molecule has 0 aromatic heterocycles. The van der Waals surface area contributed by atoms with Crippen LogP contribution in [0.5, 0.6) is 11.5 Å². The van der Waals surface area contributed by atoms with Gasteiger partial charge in [-0.1, -0.05) is 130 Å². The lowest BCUT2D eigenvalue weighted by Gasteiger charge is -2.38. The van der Waals surface area contributed by atoms with Crippen LogP contribution in [0.25, 0.3) is 0 Å². The highest BCUT2D eigenvalue weighted by atomic mass is 31.2. The molecule has 0 amide bonds. The van der Waals surface area contributed by atoms with Crippen LogP contribution in [-0.4, -0.2) is 0 Å². The normalized spacial score (nSPS) is 15.9. The Hall–Kier alpha value is -1.60. The van der Waals surface area contributed by atoms with E-state index in [1.807, 2.05) is 0 Å². The van der Waals surface area contributed by atoms with Crippen molar-refractivity contribution in [3.63, 3.8) is 0 Å². The lowest BCUT2D eigenvalue weighted by molar-refractivity contribution is 0.376. The quantitative estimate of drug-likeness (QED) is 0.239. The number of rotatable bonds is 10. The van der Waals surface area contributed by atoms with Gasteiger partial charge in [-0.2, -0.15) is 0 Å². The summed E-state index contributed by atoms with van der Waals surface area (Å²) in [7, 11) is -2.61. The van der Waals surface area contributed by atoms with Crippen molar-refractivity contribution in [2.45, 2.75) is 123 Å². The van der Waals surface area contributed by atoms with Crippen LogP contribution in [0.15, 0.2) is 36.4 Å². The number of para-hydroxylation sites is 2. The van der Waals surface area contributed by atoms with E-state index >= 15 is 4.20 Å². The van der Waals surface area contributed by atoms with E-state index in [9.17, 15) is 0 Å². The highest BCUT2D eigenvalue weighted by molar-refractivity contribution is 7.42. The standard InChI is InChI=1S/C31H46FO2P/c1-9-11-13-21-29(3,4)23-17-15-19-25-27(23)33-35(32)34-28-24(30(5,6)22-14-12-10-2)18-16-20-26(28)31(25,7)8/h15-20H,9-14,21-22H2,1-8H3. The third-order valence-corrected chi connectivity index (χ3v) is 8.62. The molecule has 0 unspecified atom stereocenters. The van der Waals surface area contributed by atoms with Crippen molar-refractivity contribution in [2.75, 3.05) is 0 Å². The molecule has 2 aromatic carbocycles. The fraction of sp³-hybridized carbons (Fsp3) is 0.613. The van der Waals surface area contributed by atoms with Crippen LogP contribution in [0.2, 0.25) is 0 Å². The van der Waals surface area contributed by atoms with Crippen molar-refractivity contribution >= 4 is 8.69 Å². The van der Waals surface area contributed by atoms with Crippen LogP contribution in [0.3, 0.4) is 0 Å². The van der Waals surface area contributed by atoms with Gasteiger partial charge in [0.2, 0.25) is 0 Å². The van der Waals surface area contributed by atoms with Crippen molar-refractivity contribution in [1.82, 2.24) is 0 Å². The Morgan fingerprint density at radius 1 is 0.714 bits per heavy atom. The summed E-state index contributed by atoms with van der Waals surface area (Å²) in [5.74, 6) is 1.34. The zero-order valence-electron chi connectivity index (χ0n) is 23.3. The molecule has 2 aromatic rings. The molecule has 0 saturated carbocycles. The molecule has 0 N–H and O–H groups in total. The minimum atomic E-state index is -2.61. The molecule has 194 valence electrons. The Balaban J connectivity index is 2.13. The molecule has 0 aliphatic carbocycles. The minimum absolute atomic E-state index is 0.113. The summed E-state index contributed by atoms with van der Waals surface area (Å²) < 4.78 is 27.8. The zero-order valence-corrected chi connectivity index (χ0v) is 24.2. The average Bonchev–Trinajstić information content (AvgIpc) is 2.78. The van der Waals surface area contributed by atoms with Gasteiger partial charge in [-0.25, -0.2) is 0 Å². The molecule has 2 nitrogen and oxygen atoms in total. The number of halogens is 1. The predicted molar refractivity (Wildman–Crippen MR) is 149 cm³/mol. The first-order valence-electron chi connectivity index (χ1n) is 13.6. The van der Waals surface area contributed by atoms with Crippen LogP contribution in [0.4, 0.5) is 4.20 Å². The minimum Gasteiger partial charge on any atom is -0.414 e. The lowest BCUT2D eigenvalue weighted by atomic mass is 9.71. The second-order valence-electron chi connectivity index (χ2n) is 12.1. The summed E-state index contributed by atoms with van der Waals surface area (Å²) in [4.78, 5) is 0. The number of hydrogen-bond acceptors (Lipinski definition) is 2. The van der Waals surface area contributed by atoms with Gasteiger partial charge in [-0.3, -0.25) is 0 Å². The molecule has 0 bridgehead atoms. The average molecular weight is 501 g/mol. The van der Waals surface area contributed by atoms with Gasteiger partial charge in [0.05, 0.1) is 0 Å². The smallest absolute Gasteiger partial charge is 0.414 e. The first kappa shape index (κ1) is 28.0. The van der Waals surface area contributed by atoms with Crippen LogP contribution in [0.1, 0.15) is 129 Å². The summed E-state index contributed by atoms with van der Waals surface area (Å²) in [6.07, 6.45) is 9.15. The third kappa shape index (κ3) is 6.04. The van der Waals surface area contributed by atoms with Gasteiger partial charge in [0.15, 0.2) is 0 Å². The van der Waals surface area contributed by atoms with E-state index in [4.69, 9.17) is 9.05 Å². The van der Waals surface area contributed by atoms with Crippen LogP contribution < -0.4 is 9.05 Å². The van der Waals surface area contributed by atoms with Gasteiger partial charge in [0, 0.05) is 27.7 Å². The molecule has 1 aliphatic rings. The maximum absolute atomic E-state index is 15.6. The molecule has 1 heterocycles. The molecular weight excluding hydrogens is 454 g/mol. The van der Waals surface area contributed by atoms with E-state index in [1.165, 1.54) is 25.7 Å². The second kappa shape index (κ2) is 11.2. The molecule has 35 heavy (non-hydrogen) atoms. The molecule has 3 rings (SSSR count). The van der Waals surface area contributed by atoms with Gasteiger partial charge in [-0.15, -0.1) is 4.20 Å². The Kier molecular flexibility index (Phi) is 8.96. The van der Waals surface area contributed by atoms with E-state index in [-0.39, 0.29) is 10.8 Å². The van der Waals surface area contributed by atoms with Crippen molar-refractivity contribution < 1.29 is 13.2 Å². The van der Waals surface area contributed by atoms with E-state index in [0.29, 0.717) is 11.5 Å². The lowest BCUT2D eigenvalue weighted by Crippen LogP contribution is -2.27. The zero-order chi connectivity index (χ0) is 25.9. The van der Waals surface area contributed by atoms with Gasteiger partial charge in [0.25, 0.3) is 0 Å². The van der Waals surface area contributed by atoms with Crippen LogP contribution >= 0.6 is 8.69 Å². The first-order chi connectivity index (χ1) is 16.5. The highest BCUT2D eigenvalue weighted by Gasteiger charge is 2.40. The van der Waals surface area contributed by atoms with Crippen LogP contribution in [0, 0.1) is 0 Å². The van der Waals surface area contributed by atoms with Gasteiger partial charge in [0.1, 0.15) is 11.5 Å². The predicted octanol–water partition coefficient (Wildman–Crippen LogP) is 10.7. The van der Waals surface area contributed by atoms with E-state index in [1.54, 1.807) is 0 Å². The Labute approximate surface area is 215 Å². The van der Waals surface area contributed by atoms with E-state index in [2.05, 4.69) is 91.8 Å². The first-order valence-corrected chi connectivity index (χ1v) is 14.6. The van der Waals surface area contributed by atoms with Gasteiger partial charge >= 0.3 is 8.69 Å². The van der Waals surface area contributed by atoms with Gasteiger partial charge in [-0.05, 0) is 23.7 Å². The van der Waals surface area contributed by atoms with Gasteiger partial charge < -0.3 is 9.05 Å². The maximum Gasteiger partial charge on any atom is 0.505 e. The number of benzene rings is 2. The largest absolute Gasteiger partial charge is 0.505 e. The number of hydrogen-bond donors (Lipinski definition) is 0. The highest BCUT2D eigenvalue weighted by Crippen LogP contribution is 2.56. The number of fused-ring (bicyclic) bond motifs is 2. The molecule has 0 spiro atoms. The van der Waals surface area contributed by atoms with Crippen molar-refractivity contribution in [2.24, 2.45) is 0 Å². The summed E-state index contributed by atoms with van der Waals surface area (Å²) >= 11 is 0. The van der Waals surface area contributed by atoms with Crippen molar-refractivity contribution in [3.8, 4) is 11.5 Å². The Bertz CT molecular complexity index is 918. The van der Waals surface area contributed by atoms with E-state index < -0.39 is 14.1 Å². The Morgan fingerprint density at radius 2 is 1.11 bits per heavy atom. The summed E-state index contributed by atoms with van der Waals surface area (Å²) in [5, 5.41) is 0. The maximum atomic E-state index is 15.6. The summed E-state index contributed by atoms with van der Waals surface area (Å²) in [6, 6.07) is 12.7. The summed E-state index contributed by atoms with van der Waals surface area (Å²) in [6.45, 7) is 17.9. The van der Waals surface area contributed by atoms with Crippen molar-refractivity contribution in [1.29, 1.82) is 0 Å². The molecule has 0 radical (unpaired) electrons. The van der Waals surface area contributed by atoms with Crippen molar-refractivity contribution in [3.05, 3.63) is 58.7 Å².